The number of ether oxygens (including phenoxy) is 1. The normalized spacial score (nSPS) is 25.4. The molecule has 2 saturated heterocycles. The SMILES string of the molecule is COc1ccc(C)cc1N1CC(C(=O)N2CC(CN)CC2C)CC1=O.Cl. The fourth-order valence-electron chi connectivity index (χ4n) is 3.97. The van der Waals surface area contributed by atoms with Gasteiger partial charge < -0.3 is 20.3 Å². The summed E-state index contributed by atoms with van der Waals surface area (Å²) in [5.41, 5.74) is 7.56. The van der Waals surface area contributed by atoms with Gasteiger partial charge in [0.25, 0.3) is 0 Å². The number of likely N-dealkylation sites (tertiary alicyclic amines) is 1. The van der Waals surface area contributed by atoms with E-state index in [-0.39, 0.29) is 42.6 Å². The van der Waals surface area contributed by atoms with Gasteiger partial charge in [0.1, 0.15) is 5.75 Å². The number of nitrogens with two attached hydrogens (primary N) is 1. The van der Waals surface area contributed by atoms with E-state index in [9.17, 15) is 9.59 Å². The van der Waals surface area contributed by atoms with Gasteiger partial charge in [-0.05, 0) is 50.4 Å². The second kappa shape index (κ2) is 8.27. The van der Waals surface area contributed by atoms with Crippen LogP contribution in [0.1, 0.15) is 25.3 Å². The first-order chi connectivity index (χ1) is 11.9. The van der Waals surface area contributed by atoms with Gasteiger partial charge >= 0.3 is 0 Å². The van der Waals surface area contributed by atoms with Gasteiger partial charge in [-0.3, -0.25) is 9.59 Å². The average Bonchev–Trinajstić information content (AvgIpc) is 3.17. The minimum atomic E-state index is -0.295. The summed E-state index contributed by atoms with van der Waals surface area (Å²) < 4.78 is 5.40. The second-order valence-corrected chi connectivity index (χ2v) is 7.26. The number of methoxy groups -OCH3 is 1. The van der Waals surface area contributed by atoms with Gasteiger partial charge in [0.2, 0.25) is 11.8 Å². The molecule has 0 spiro atoms. The van der Waals surface area contributed by atoms with E-state index < -0.39 is 0 Å². The first-order valence-corrected chi connectivity index (χ1v) is 8.90. The molecule has 1 aromatic carbocycles. The number of anilines is 1. The Morgan fingerprint density at radius 2 is 2.08 bits per heavy atom. The summed E-state index contributed by atoms with van der Waals surface area (Å²) in [4.78, 5) is 29.1. The van der Waals surface area contributed by atoms with Crippen LogP contribution in [0.5, 0.6) is 5.75 Å². The van der Waals surface area contributed by atoms with Crippen molar-refractivity contribution in [2.24, 2.45) is 17.6 Å². The maximum absolute atomic E-state index is 12.9. The molecule has 2 N–H and O–H groups in total. The number of halogens is 1. The fourth-order valence-corrected chi connectivity index (χ4v) is 3.97. The molecular weight excluding hydrogens is 354 g/mol. The van der Waals surface area contributed by atoms with E-state index in [1.54, 1.807) is 12.0 Å². The molecule has 2 amide bonds. The van der Waals surface area contributed by atoms with Gasteiger partial charge in [-0.15, -0.1) is 12.4 Å². The minimum absolute atomic E-state index is 0. The van der Waals surface area contributed by atoms with Crippen molar-refractivity contribution < 1.29 is 14.3 Å². The summed E-state index contributed by atoms with van der Waals surface area (Å²) in [6, 6.07) is 5.94. The van der Waals surface area contributed by atoms with Crippen molar-refractivity contribution in [1.29, 1.82) is 0 Å². The van der Waals surface area contributed by atoms with Crippen molar-refractivity contribution in [2.75, 3.05) is 31.6 Å². The van der Waals surface area contributed by atoms with Gasteiger partial charge in [0, 0.05) is 25.6 Å². The zero-order chi connectivity index (χ0) is 18.1. The Labute approximate surface area is 161 Å². The monoisotopic (exact) mass is 381 g/mol. The van der Waals surface area contributed by atoms with Crippen LogP contribution in [0, 0.1) is 18.8 Å². The van der Waals surface area contributed by atoms with Gasteiger partial charge in [-0.25, -0.2) is 0 Å². The quantitative estimate of drug-likeness (QED) is 0.865. The molecule has 3 rings (SSSR count). The summed E-state index contributed by atoms with van der Waals surface area (Å²) in [7, 11) is 1.59. The van der Waals surface area contributed by atoms with Gasteiger partial charge in [0.05, 0.1) is 18.7 Å². The van der Waals surface area contributed by atoms with Crippen molar-refractivity contribution in [1.82, 2.24) is 4.90 Å². The number of aryl methyl sites for hydroxylation is 1. The Balaban J connectivity index is 0.00000243. The number of carbonyl (C=O) groups excluding carboxylic acids is 2. The minimum Gasteiger partial charge on any atom is -0.495 e. The van der Waals surface area contributed by atoms with Crippen molar-refractivity contribution in [3.63, 3.8) is 0 Å². The first kappa shape index (κ1) is 20.5. The average molecular weight is 382 g/mol. The van der Waals surface area contributed by atoms with Crippen LogP contribution in [0.4, 0.5) is 5.69 Å². The fraction of sp³-hybridized carbons (Fsp3) is 0.579. The van der Waals surface area contributed by atoms with Crippen LogP contribution in [0.25, 0.3) is 0 Å². The van der Waals surface area contributed by atoms with E-state index in [4.69, 9.17) is 10.5 Å². The maximum atomic E-state index is 12.9. The third-order valence-electron chi connectivity index (χ3n) is 5.38. The number of hydrogen-bond donors (Lipinski definition) is 1. The molecule has 2 heterocycles. The van der Waals surface area contributed by atoms with E-state index >= 15 is 0 Å². The molecule has 2 aliphatic rings. The zero-order valence-electron chi connectivity index (χ0n) is 15.6. The third-order valence-corrected chi connectivity index (χ3v) is 5.38. The van der Waals surface area contributed by atoms with Crippen molar-refractivity contribution in [2.45, 2.75) is 32.7 Å². The molecule has 2 fully saturated rings. The summed E-state index contributed by atoms with van der Waals surface area (Å²) in [5.74, 6) is 0.779. The van der Waals surface area contributed by atoms with Crippen LogP contribution in [-0.4, -0.2) is 49.5 Å². The largest absolute Gasteiger partial charge is 0.495 e. The van der Waals surface area contributed by atoms with Gasteiger partial charge in [-0.2, -0.15) is 0 Å². The maximum Gasteiger partial charge on any atom is 0.228 e. The Bertz CT molecular complexity index is 682. The molecule has 0 bridgehead atoms. The van der Waals surface area contributed by atoms with Gasteiger partial charge in [-0.1, -0.05) is 6.07 Å². The molecule has 1 aromatic rings. The highest BCUT2D eigenvalue weighted by atomic mass is 35.5. The highest BCUT2D eigenvalue weighted by Gasteiger charge is 2.41. The lowest BCUT2D eigenvalue weighted by Crippen LogP contribution is -2.40. The number of rotatable bonds is 4. The van der Waals surface area contributed by atoms with E-state index in [0.717, 1.165) is 17.7 Å². The summed E-state index contributed by atoms with van der Waals surface area (Å²) in [6.07, 6.45) is 1.20. The predicted molar refractivity (Wildman–Crippen MR) is 104 cm³/mol. The Kier molecular flexibility index (Phi) is 6.53. The topological polar surface area (TPSA) is 75.9 Å². The molecule has 0 radical (unpaired) electrons. The van der Waals surface area contributed by atoms with E-state index in [1.807, 2.05) is 30.0 Å². The molecule has 3 unspecified atom stereocenters. The van der Waals surface area contributed by atoms with Crippen LogP contribution in [-0.2, 0) is 9.59 Å². The summed E-state index contributed by atoms with van der Waals surface area (Å²) >= 11 is 0. The number of nitrogens with zero attached hydrogens (tertiary/aromatic N) is 2. The molecular formula is C19H28ClN3O3. The molecule has 26 heavy (non-hydrogen) atoms. The zero-order valence-corrected chi connectivity index (χ0v) is 16.4. The Morgan fingerprint density at radius 1 is 1.35 bits per heavy atom. The molecule has 3 atom stereocenters. The van der Waals surface area contributed by atoms with Crippen molar-refractivity contribution in [3.05, 3.63) is 23.8 Å². The second-order valence-electron chi connectivity index (χ2n) is 7.26. The van der Waals surface area contributed by atoms with E-state index in [2.05, 4.69) is 6.92 Å². The molecule has 144 valence electrons. The molecule has 6 nitrogen and oxygen atoms in total. The van der Waals surface area contributed by atoms with E-state index in [0.29, 0.717) is 31.3 Å². The van der Waals surface area contributed by atoms with Crippen LogP contribution in [0.2, 0.25) is 0 Å². The number of benzene rings is 1. The molecule has 0 aliphatic carbocycles. The van der Waals surface area contributed by atoms with Crippen molar-refractivity contribution >= 4 is 29.9 Å². The summed E-state index contributed by atoms with van der Waals surface area (Å²) in [5, 5.41) is 0. The standard InChI is InChI=1S/C19H27N3O3.ClH/c1-12-4-5-17(25-3)16(6-12)22-11-15(8-18(22)23)19(24)21-10-14(9-20)7-13(21)2;/h4-6,13-15H,7-11,20H2,1-3H3;1H. The van der Waals surface area contributed by atoms with Crippen LogP contribution in [0.15, 0.2) is 18.2 Å². The number of carbonyl (C=O) groups is 2. The molecule has 0 saturated carbocycles. The molecule has 0 aromatic heterocycles. The third kappa shape index (κ3) is 3.81. The van der Waals surface area contributed by atoms with E-state index in [1.165, 1.54) is 0 Å². The van der Waals surface area contributed by atoms with Crippen LogP contribution >= 0.6 is 12.4 Å². The molecule has 2 aliphatic heterocycles. The lowest BCUT2D eigenvalue weighted by molar-refractivity contribution is -0.136. The summed E-state index contributed by atoms with van der Waals surface area (Å²) in [6.45, 7) is 5.75. The highest BCUT2D eigenvalue weighted by Crippen LogP contribution is 2.35. The lowest BCUT2D eigenvalue weighted by Gasteiger charge is -2.25. The Morgan fingerprint density at radius 3 is 2.69 bits per heavy atom. The first-order valence-electron chi connectivity index (χ1n) is 8.90. The number of amides is 2. The predicted octanol–water partition coefficient (Wildman–Crippen LogP) is 1.97. The molecule has 7 heteroatoms. The van der Waals surface area contributed by atoms with Gasteiger partial charge in [0.15, 0.2) is 0 Å². The highest BCUT2D eigenvalue weighted by molar-refractivity contribution is 6.01. The van der Waals surface area contributed by atoms with Crippen LogP contribution < -0.4 is 15.4 Å². The van der Waals surface area contributed by atoms with Crippen LogP contribution in [0.3, 0.4) is 0 Å². The Hall–Kier alpha value is -1.79. The van der Waals surface area contributed by atoms with Crippen molar-refractivity contribution in [3.8, 4) is 5.75 Å². The lowest BCUT2D eigenvalue weighted by atomic mass is 10.1. The smallest absolute Gasteiger partial charge is 0.228 e. The number of hydrogen-bond acceptors (Lipinski definition) is 4.